The molecule has 0 bridgehead atoms. The predicted molar refractivity (Wildman–Crippen MR) is 72.8 cm³/mol. The zero-order valence-electron chi connectivity index (χ0n) is 10.5. The second-order valence-corrected chi connectivity index (χ2v) is 4.47. The van der Waals surface area contributed by atoms with E-state index in [1.807, 2.05) is 37.3 Å². The molecule has 1 amide bonds. The number of aromatic amines is 2. The first-order chi connectivity index (χ1) is 9.24. The van der Waals surface area contributed by atoms with Crippen LogP contribution in [0.5, 0.6) is 0 Å². The number of nitrogens with zero attached hydrogens (tertiary/aromatic N) is 1. The Hall–Kier alpha value is -2.56. The lowest BCUT2D eigenvalue weighted by atomic mass is 10.2. The third kappa shape index (κ3) is 2.22. The number of hydrogen-bond acceptors (Lipinski definition) is 2. The highest BCUT2D eigenvalue weighted by Gasteiger charge is 2.09. The van der Waals surface area contributed by atoms with Gasteiger partial charge in [-0.2, -0.15) is 5.10 Å². The van der Waals surface area contributed by atoms with Crippen molar-refractivity contribution in [2.75, 3.05) is 0 Å². The third-order valence-corrected chi connectivity index (χ3v) is 3.15. The second kappa shape index (κ2) is 4.61. The number of benzene rings is 1. The van der Waals surface area contributed by atoms with E-state index in [9.17, 15) is 4.79 Å². The molecule has 0 aliphatic carbocycles. The molecule has 0 unspecified atom stereocenters. The number of para-hydroxylation sites is 1. The molecule has 3 aromatic rings. The number of fused-ring (bicyclic) bond motifs is 1. The molecule has 5 nitrogen and oxygen atoms in total. The van der Waals surface area contributed by atoms with Crippen LogP contribution in [0.15, 0.2) is 36.5 Å². The lowest BCUT2D eigenvalue weighted by Gasteiger charge is -2.02. The molecule has 0 saturated heterocycles. The van der Waals surface area contributed by atoms with Crippen LogP contribution in [0.3, 0.4) is 0 Å². The third-order valence-electron chi connectivity index (χ3n) is 3.15. The highest BCUT2D eigenvalue weighted by molar-refractivity contribution is 5.97. The molecule has 19 heavy (non-hydrogen) atoms. The minimum Gasteiger partial charge on any atom is -0.351 e. The van der Waals surface area contributed by atoms with E-state index in [0.29, 0.717) is 12.2 Å². The van der Waals surface area contributed by atoms with Crippen LogP contribution in [0.1, 0.15) is 21.7 Å². The van der Waals surface area contributed by atoms with E-state index in [1.54, 1.807) is 6.20 Å². The molecule has 2 heterocycles. The van der Waals surface area contributed by atoms with E-state index < -0.39 is 0 Å². The van der Waals surface area contributed by atoms with Crippen LogP contribution in [0.4, 0.5) is 0 Å². The van der Waals surface area contributed by atoms with Crippen LogP contribution < -0.4 is 5.32 Å². The number of hydrogen-bond donors (Lipinski definition) is 3. The van der Waals surface area contributed by atoms with Gasteiger partial charge in [0.15, 0.2) is 0 Å². The number of amides is 1. The van der Waals surface area contributed by atoms with Crippen LogP contribution >= 0.6 is 0 Å². The number of aryl methyl sites for hydroxylation is 1. The Kier molecular flexibility index (Phi) is 2.79. The fourth-order valence-corrected chi connectivity index (χ4v) is 2.02. The van der Waals surface area contributed by atoms with Gasteiger partial charge in [0.1, 0.15) is 5.69 Å². The molecule has 3 N–H and O–H groups in total. The minimum atomic E-state index is -0.114. The zero-order chi connectivity index (χ0) is 13.2. The highest BCUT2D eigenvalue weighted by Crippen LogP contribution is 2.14. The molecule has 2 aromatic heterocycles. The van der Waals surface area contributed by atoms with E-state index >= 15 is 0 Å². The van der Waals surface area contributed by atoms with Crippen LogP contribution in [0.2, 0.25) is 0 Å². The maximum Gasteiger partial charge on any atom is 0.267 e. The summed E-state index contributed by atoms with van der Waals surface area (Å²) in [5.74, 6) is -0.114. The number of rotatable bonds is 3. The van der Waals surface area contributed by atoms with Gasteiger partial charge in [0.2, 0.25) is 0 Å². The number of nitrogens with one attached hydrogen (secondary N) is 3. The topological polar surface area (TPSA) is 73.6 Å². The normalized spacial score (nSPS) is 10.8. The maximum atomic E-state index is 12.0. The van der Waals surface area contributed by atoms with Crippen LogP contribution in [-0.2, 0) is 6.54 Å². The predicted octanol–water partition coefficient (Wildman–Crippen LogP) is 2.13. The zero-order valence-corrected chi connectivity index (χ0v) is 10.5. The molecule has 3 rings (SSSR count). The fourth-order valence-electron chi connectivity index (χ4n) is 2.02. The van der Waals surface area contributed by atoms with Gasteiger partial charge in [0.05, 0.1) is 6.20 Å². The lowest BCUT2D eigenvalue weighted by Crippen LogP contribution is -2.23. The average Bonchev–Trinajstić information content (AvgIpc) is 3.01. The van der Waals surface area contributed by atoms with Crippen molar-refractivity contribution in [2.45, 2.75) is 13.5 Å². The van der Waals surface area contributed by atoms with Crippen molar-refractivity contribution < 1.29 is 4.79 Å². The van der Waals surface area contributed by atoms with Gasteiger partial charge in [-0.15, -0.1) is 0 Å². The summed E-state index contributed by atoms with van der Waals surface area (Å²) in [5, 5.41) is 10.7. The molecule has 0 radical (unpaired) electrons. The molecular formula is C14H14N4O. The van der Waals surface area contributed by atoms with E-state index in [-0.39, 0.29) is 5.91 Å². The van der Waals surface area contributed by atoms with Gasteiger partial charge < -0.3 is 10.3 Å². The van der Waals surface area contributed by atoms with E-state index in [1.165, 1.54) is 0 Å². The average molecular weight is 254 g/mol. The van der Waals surface area contributed by atoms with Crippen molar-refractivity contribution in [3.05, 3.63) is 53.5 Å². The second-order valence-electron chi connectivity index (χ2n) is 4.47. The first-order valence-corrected chi connectivity index (χ1v) is 6.09. The summed E-state index contributed by atoms with van der Waals surface area (Å²) in [4.78, 5) is 15.2. The number of aromatic nitrogens is 3. The molecule has 0 saturated carbocycles. The van der Waals surface area contributed by atoms with Crippen LogP contribution in [0, 0.1) is 6.92 Å². The Bertz CT molecular complexity index is 693. The molecule has 5 heteroatoms. The van der Waals surface area contributed by atoms with Gasteiger partial charge in [-0.3, -0.25) is 9.89 Å². The quantitative estimate of drug-likeness (QED) is 0.670. The van der Waals surface area contributed by atoms with Crippen molar-refractivity contribution in [3.63, 3.8) is 0 Å². The van der Waals surface area contributed by atoms with Crippen molar-refractivity contribution >= 4 is 16.8 Å². The van der Waals surface area contributed by atoms with E-state index in [4.69, 9.17) is 0 Å². The molecule has 0 aliphatic heterocycles. The van der Waals surface area contributed by atoms with Gasteiger partial charge in [-0.05, 0) is 19.1 Å². The summed E-state index contributed by atoms with van der Waals surface area (Å²) in [6, 6.07) is 9.67. The van der Waals surface area contributed by atoms with Crippen molar-refractivity contribution in [1.29, 1.82) is 0 Å². The van der Waals surface area contributed by atoms with Gasteiger partial charge in [-0.1, -0.05) is 18.2 Å². The Morgan fingerprint density at radius 1 is 1.37 bits per heavy atom. The van der Waals surface area contributed by atoms with Gasteiger partial charge in [0, 0.05) is 28.7 Å². The van der Waals surface area contributed by atoms with Crippen molar-refractivity contribution in [3.8, 4) is 0 Å². The maximum absolute atomic E-state index is 12.0. The summed E-state index contributed by atoms with van der Waals surface area (Å²) < 4.78 is 0. The molecule has 0 fully saturated rings. The molecule has 0 spiro atoms. The fraction of sp³-hybridized carbons (Fsp3) is 0.143. The Balaban J connectivity index is 1.75. The van der Waals surface area contributed by atoms with Crippen LogP contribution in [-0.4, -0.2) is 21.1 Å². The van der Waals surface area contributed by atoms with Gasteiger partial charge in [-0.25, -0.2) is 0 Å². The minimum absolute atomic E-state index is 0.114. The molecular weight excluding hydrogens is 240 g/mol. The van der Waals surface area contributed by atoms with Crippen molar-refractivity contribution in [2.24, 2.45) is 0 Å². The largest absolute Gasteiger partial charge is 0.351 e. The Morgan fingerprint density at radius 2 is 2.21 bits per heavy atom. The van der Waals surface area contributed by atoms with E-state index in [0.717, 1.165) is 22.2 Å². The molecule has 96 valence electrons. The standard InChI is InChI=1S/C14H14N4O/c1-9-11(8-16-18-9)7-15-14(19)13-6-10-4-2-3-5-12(10)17-13/h2-6,8,17H,7H2,1H3,(H,15,19)(H,16,18). The highest BCUT2D eigenvalue weighted by atomic mass is 16.1. The Morgan fingerprint density at radius 3 is 2.95 bits per heavy atom. The SMILES string of the molecule is Cc1[nH]ncc1CNC(=O)c1cc2ccccc2[nH]1. The van der Waals surface area contributed by atoms with Gasteiger partial charge >= 0.3 is 0 Å². The summed E-state index contributed by atoms with van der Waals surface area (Å²) >= 11 is 0. The van der Waals surface area contributed by atoms with Crippen molar-refractivity contribution in [1.82, 2.24) is 20.5 Å². The number of carbonyl (C=O) groups excluding carboxylic acids is 1. The molecule has 0 atom stereocenters. The summed E-state index contributed by atoms with van der Waals surface area (Å²) in [5.41, 5.74) is 3.50. The summed E-state index contributed by atoms with van der Waals surface area (Å²) in [7, 11) is 0. The first kappa shape index (κ1) is 11.5. The summed E-state index contributed by atoms with van der Waals surface area (Å²) in [6.07, 6.45) is 1.72. The van der Waals surface area contributed by atoms with Crippen LogP contribution in [0.25, 0.3) is 10.9 Å². The smallest absolute Gasteiger partial charge is 0.267 e. The lowest BCUT2D eigenvalue weighted by molar-refractivity contribution is 0.0946. The first-order valence-electron chi connectivity index (χ1n) is 6.09. The number of H-pyrrole nitrogens is 2. The monoisotopic (exact) mass is 254 g/mol. The Labute approximate surface area is 110 Å². The molecule has 0 aliphatic rings. The number of carbonyl (C=O) groups is 1. The van der Waals surface area contributed by atoms with Gasteiger partial charge in [0.25, 0.3) is 5.91 Å². The van der Waals surface area contributed by atoms with E-state index in [2.05, 4.69) is 20.5 Å². The summed E-state index contributed by atoms with van der Waals surface area (Å²) in [6.45, 7) is 2.40. The molecule has 1 aromatic carbocycles.